The second-order valence-corrected chi connectivity index (χ2v) is 7.86. The third-order valence-corrected chi connectivity index (χ3v) is 5.05. The number of nitrogens with one attached hydrogen (secondary N) is 1. The van der Waals surface area contributed by atoms with Crippen LogP contribution < -0.4 is 5.32 Å². The van der Waals surface area contributed by atoms with Gasteiger partial charge in [0, 0.05) is 5.54 Å². The van der Waals surface area contributed by atoms with Gasteiger partial charge >= 0.3 is 6.18 Å². The molecule has 0 radical (unpaired) electrons. The van der Waals surface area contributed by atoms with Gasteiger partial charge in [-0.05, 0) is 45.2 Å². The fraction of sp³-hybridized carbons (Fsp3) is 0.556. The number of imidazole rings is 1. The van der Waals surface area contributed by atoms with E-state index >= 15 is 0 Å². The number of carbonyl (C=O) groups is 1. The average Bonchev–Trinajstić information content (AvgIpc) is 2.84. The van der Waals surface area contributed by atoms with Crippen molar-refractivity contribution in [2.45, 2.75) is 63.3 Å². The van der Waals surface area contributed by atoms with Crippen molar-refractivity contribution in [1.82, 2.24) is 9.55 Å². The number of carbonyl (C=O) groups excluding carboxylic acids is 1. The molecule has 2 aromatic rings. The van der Waals surface area contributed by atoms with Crippen molar-refractivity contribution in [3.8, 4) is 0 Å². The van der Waals surface area contributed by atoms with E-state index in [4.69, 9.17) is 0 Å². The third-order valence-electron chi connectivity index (χ3n) is 5.05. The number of hydrogen-bond donors (Lipinski definition) is 2. The zero-order valence-corrected chi connectivity index (χ0v) is 15.3. The van der Waals surface area contributed by atoms with E-state index in [1.54, 1.807) is 6.92 Å². The molecule has 1 aliphatic carbocycles. The largest absolute Gasteiger partial charge is 0.391 e. The highest BCUT2D eigenvalue weighted by atomic mass is 19.4. The number of anilines is 1. The van der Waals surface area contributed by atoms with Gasteiger partial charge in [-0.1, -0.05) is 0 Å². The number of aromatic nitrogens is 2. The van der Waals surface area contributed by atoms with Crippen LogP contribution in [0.1, 0.15) is 46.0 Å². The summed E-state index contributed by atoms with van der Waals surface area (Å²) in [7, 11) is 0. The molecule has 5 nitrogen and oxygen atoms in total. The lowest BCUT2D eigenvalue weighted by Gasteiger charge is -2.41. The van der Waals surface area contributed by atoms with Crippen LogP contribution in [0.5, 0.6) is 0 Å². The normalized spacial score (nSPS) is 18.6. The molecule has 1 aromatic heterocycles. The molecule has 0 spiro atoms. The molecule has 1 atom stereocenters. The first-order valence-electron chi connectivity index (χ1n) is 8.77. The number of halogens is 5. The van der Waals surface area contributed by atoms with Crippen LogP contribution >= 0.6 is 0 Å². The summed E-state index contributed by atoms with van der Waals surface area (Å²) in [5, 5.41) is 12.2. The standard InChI is InChI=1S/C18H20F5N3O2/c1-16(6-3-7-16)26-14-11(5-4-10(19)13(14)20)24-15(26)25-12(27)8-17(2,28)9-18(21,22)23/h4-5,28H,3,6-9H2,1-2H3,(H,24,25,27). The highest BCUT2D eigenvalue weighted by molar-refractivity contribution is 5.92. The Balaban J connectivity index is 1.94. The number of aliphatic hydroxyl groups is 1. The Morgan fingerprint density at radius 2 is 1.96 bits per heavy atom. The van der Waals surface area contributed by atoms with Gasteiger partial charge in [-0.3, -0.25) is 10.1 Å². The first kappa shape index (κ1) is 20.5. The minimum absolute atomic E-state index is 0.0884. The Morgan fingerprint density at radius 3 is 2.50 bits per heavy atom. The van der Waals surface area contributed by atoms with Gasteiger partial charge in [-0.2, -0.15) is 13.2 Å². The van der Waals surface area contributed by atoms with Crippen LogP contribution in [0, 0.1) is 11.6 Å². The van der Waals surface area contributed by atoms with Gasteiger partial charge in [0.15, 0.2) is 11.6 Å². The van der Waals surface area contributed by atoms with E-state index in [9.17, 15) is 31.9 Å². The Hall–Kier alpha value is -2.23. The van der Waals surface area contributed by atoms with Crippen LogP contribution in [0.15, 0.2) is 12.1 Å². The topological polar surface area (TPSA) is 67.2 Å². The highest BCUT2D eigenvalue weighted by Crippen LogP contribution is 2.43. The maximum absolute atomic E-state index is 14.4. The summed E-state index contributed by atoms with van der Waals surface area (Å²) in [6, 6.07) is 2.18. The molecule has 0 saturated heterocycles. The van der Waals surface area contributed by atoms with Crippen molar-refractivity contribution >= 4 is 22.9 Å². The van der Waals surface area contributed by atoms with Gasteiger partial charge in [-0.25, -0.2) is 13.8 Å². The maximum atomic E-state index is 14.4. The Kier molecular flexibility index (Phi) is 4.89. The molecular weight excluding hydrogens is 385 g/mol. The minimum atomic E-state index is -4.64. The van der Waals surface area contributed by atoms with Crippen LogP contribution in [0.4, 0.5) is 27.9 Å². The second-order valence-electron chi connectivity index (χ2n) is 7.86. The first-order chi connectivity index (χ1) is 12.8. The number of fused-ring (bicyclic) bond motifs is 1. The number of nitrogens with zero attached hydrogens (tertiary/aromatic N) is 2. The van der Waals surface area contributed by atoms with E-state index in [1.165, 1.54) is 10.6 Å². The summed E-state index contributed by atoms with van der Waals surface area (Å²) in [5.74, 6) is -3.17. The lowest BCUT2D eigenvalue weighted by molar-refractivity contribution is -0.174. The molecule has 1 aliphatic rings. The highest BCUT2D eigenvalue weighted by Gasteiger charge is 2.41. The Labute approximate surface area is 157 Å². The molecule has 1 fully saturated rings. The number of alkyl halides is 3. The smallest absolute Gasteiger partial charge is 0.389 e. The van der Waals surface area contributed by atoms with Crippen molar-refractivity contribution in [2.75, 3.05) is 5.32 Å². The van der Waals surface area contributed by atoms with Gasteiger partial charge < -0.3 is 9.67 Å². The summed E-state index contributed by atoms with van der Waals surface area (Å²) >= 11 is 0. The number of hydrogen-bond acceptors (Lipinski definition) is 3. The van der Waals surface area contributed by atoms with Gasteiger partial charge in [0.2, 0.25) is 11.9 Å². The first-order valence-corrected chi connectivity index (χ1v) is 8.77. The lowest BCUT2D eigenvalue weighted by Crippen LogP contribution is -2.39. The lowest BCUT2D eigenvalue weighted by atomic mass is 9.78. The molecule has 28 heavy (non-hydrogen) atoms. The molecule has 0 bridgehead atoms. The quantitative estimate of drug-likeness (QED) is 0.731. The minimum Gasteiger partial charge on any atom is -0.389 e. The summed E-state index contributed by atoms with van der Waals surface area (Å²) < 4.78 is 67.2. The molecular formula is C18H20F5N3O2. The fourth-order valence-electron chi connectivity index (χ4n) is 3.63. The van der Waals surface area contributed by atoms with Crippen LogP contribution in [0.2, 0.25) is 0 Å². The van der Waals surface area contributed by atoms with Gasteiger partial charge in [0.05, 0.1) is 24.0 Å². The van der Waals surface area contributed by atoms with Gasteiger partial charge in [-0.15, -0.1) is 0 Å². The molecule has 1 aromatic carbocycles. The molecule has 0 aliphatic heterocycles. The second kappa shape index (κ2) is 6.68. The number of amides is 1. The molecule has 3 rings (SSSR count). The van der Waals surface area contributed by atoms with Crippen LogP contribution in [0.25, 0.3) is 11.0 Å². The van der Waals surface area contributed by atoms with E-state index in [0.717, 1.165) is 19.4 Å². The molecule has 2 N–H and O–H groups in total. The maximum Gasteiger partial charge on any atom is 0.391 e. The average molecular weight is 405 g/mol. The molecule has 1 saturated carbocycles. The van der Waals surface area contributed by atoms with E-state index in [0.29, 0.717) is 12.8 Å². The van der Waals surface area contributed by atoms with Crippen molar-refractivity contribution < 1.29 is 31.9 Å². The van der Waals surface area contributed by atoms with E-state index in [-0.39, 0.29) is 17.0 Å². The fourth-order valence-corrected chi connectivity index (χ4v) is 3.63. The zero-order valence-electron chi connectivity index (χ0n) is 15.3. The predicted octanol–water partition coefficient (Wildman–Crippen LogP) is 4.25. The van der Waals surface area contributed by atoms with E-state index in [1.807, 2.05) is 0 Å². The van der Waals surface area contributed by atoms with Gasteiger partial charge in [0.25, 0.3) is 0 Å². The summed E-state index contributed by atoms with van der Waals surface area (Å²) in [5.41, 5.74) is -2.92. The molecule has 10 heteroatoms. The molecule has 1 amide bonds. The van der Waals surface area contributed by atoms with Crippen molar-refractivity contribution in [3.05, 3.63) is 23.8 Å². The van der Waals surface area contributed by atoms with Crippen LogP contribution in [-0.4, -0.2) is 32.3 Å². The monoisotopic (exact) mass is 405 g/mol. The van der Waals surface area contributed by atoms with Crippen LogP contribution in [0.3, 0.4) is 0 Å². The summed E-state index contributed by atoms with van der Waals surface area (Å²) in [6.45, 7) is 2.71. The SMILES string of the molecule is CC(O)(CC(=O)Nc1nc2ccc(F)c(F)c2n1C1(C)CCC1)CC(F)(F)F. The third kappa shape index (κ3) is 3.96. The van der Waals surface area contributed by atoms with E-state index in [2.05, 4.69) is 10.3 Å². The number of rotatable bonds is 5. The van der Waals surface area contributed by atoms with E-state index < -0.39 is 47.7 Å². The van der Waals surface area contributed by atoms with Gasteiger partial charge in [0.1, 0.15) is 5.52 Å². The molecule has 154 valence electrons. The van der Waals surface area contributed by atoms with Crippen molar-refractivity contribution in [1.29, 1.82) is 0 Å². The predicted molar refractivity (Wildman–Crippen MR) is 91.7 cm³/mol. The summed E-state index contributed by atoms with van der Waals surface area (Å²) in [4.78, 5) is 16.4. The Bertz CT molecular complexity index is 916. The van der Waals surface area contributed by atoms with Crippen LogP contribution in [-0.2, 0) is 10.3 Å². The van der Waals surface area contributed by atoms with Crippen molar-refractivity contribution in [3.63, 3.8) is 0 Å². The molecule has 1 unspecified atom stereocenters. The number of benzene rings is 1. The summed E-state index contributed by atoms with van der Waals surface area (Å²) in [6.07, 6.45) is -4.89. The molecule has 1 heterocycles. The Morgan fingerprint density at radius 1 is 1.32 bits per heavy atom. The zero-order chi connectivity index (χ0) is 20.9. The van der Waals surface area contributed by atoms with Crippen molar-refractivity contribution in [2.24, 2.45) is 0 Å².